The molecule has 7 nitrogen and oxygen atoms in total. The summed E-state index contributed by atoms with van der Waals surface area (Å²) in [7, 11) is 1.64. The molecular weight excluding hydrogens is 346 g/mol. The van der Waals surface area contributed by atoms with Crippen molar-refractivity contribution in [3.8, 4) is 5.75 Å². The van der Waals surface area contributed by atoms with Crippen molar-refractivity contribution >= 4 is 17.6 Å². The van der Waals surface area contributed by atoms with E-state index in [4.69, 9.17) is 9.26 Å². The molecule has 2 rings (SSSR count). The lowest BCUT2D eigenvalue weighted by Gasteiger charge is -2.22. The Morgan fingerprint density at radius 2 is 1.93 bits per heavy atom. The van der Waals surface area contributed by atoms with Gasteiger partial charge in [-0.25, -0.2) is 0 Å². The zero-order valence-electron chi connectivity index (χ0n) is 16.5. The van der Waals surface area contributed by atoms with Crippen LogP contribution in [0.15, 0.2) is 28.8 Å². The summed E-state index contributed by atoms with van der Waals surface area (Å²) in [5.41, 5.74) is 2.12. The number of carbonyl (C=O) groups excluding carboxylic acids is 2. The topological polar surface area (TPSA) is 93.5 Å². The second-order valence-electron chi connectivity index (χ2n) is 6.93. The Morgan fingerprint density at radius 1 is 1.19 bits per heavy atom. The number of amides is 2. The molecule has 2 amide bonds. The number of methoxy groups -OCH3 is 1. The molecule has 0 saturated heterocycles. The third-order valence-electron chi connectivity index (χ3n) is 4.40. The number of aromatic nitrogens is 1. The average Bonchev–Trinajstić information content (AvgIpc) is 3.02. The van der Waals surface area contributed by atoms with Gasteiger partial charge in [0.1, 0.15) is 11.5 Å². The van der Waals surface area contributed by atoms with E-state index in [0.29, 0.717) is 18.0 Å². The van der Waals surface area contributed by atoms with E-state index in [1.807, 2.05) is 19.1 Å². The molecule has 0 aliphatic rings. The van der Waals surface area contributed by atoms with Crippen LogP contribution in [-0.4, -0.2) is 30.6 Å². The van der Waals surface area contributed by atoms with Crippen molar-refractivity contribution < 1.29 is 18.8 Å². The van der Waals surface area contributed by atoms with Gasteiger partial charge in [-0.3, -0.25) is 9.59 Å². The number of ether oxygens (including phenoxy) is 1. The number of rotatable bonds is 8. The minimum absolute atomic E-state index is 0.0517. The SMILES string of the molecule is COc1ccc(C(CC(=O)NCC(=O)Nc2cc(C)on2)C(C)C)cc1C. The molecule has 1 unspecified atom stereocenters. The summed E-state index contributed by atoms with van der Waals surface area (Å²) < 4.78 is 10.2. The average molecular weight is 373 g/mol. The highest BCUT2D eigenvalue weighted by molar-refractivity contribution is 5.93. The van der Waals surface area contributed by atoms with Gasteiger partial charge >= 0.3 is 0 Å². The van der Waals surface area contributed by atoms with Gasteiger partial charge in [0.25, 0.3) is 0 Å². The van der Waals surface area contributed by atoms with E-state index in [1.54, 1.807) is 20.1 Å². The number of anilines is 1. The first-order chi connectivity index (χ1) is 12.8. The molecule has 27 heavy (non-hydrogen) atoms. The predicted molar refractivity (Wildman–Crippen MR) is 103 cm³/mol. The molecule has 0 saturated carbocycles. The van der Waals surface area contributed by atoms with Crippen molar-refractivity contribution in [3.05, 3.63) is 41.2 Å². The lowest BCUT2D eigenvalue weighted by Crippen LogP contribution is -2.34. The monoisotopic (exact) mass is 373 g/mol. The van der Waals surface area contributed by atoms with Gasteiger partial charge in [0.05, 0.1) is 13.7 Å². The zero-order chi connectivity index (χ0) is 20.0. The fourth-order valence-corrected chi connectivity index (χ4v) is 2.93. The van der Waals surface area contributed by atoms with Gasteiger partial charge < -0.3 is 19.9 Å². The summed E-state index contributed by atoms with van der Waals surface area (Å²) in [6.45, 7) is 7.76. The number of carbonyl (C=O) groups is 2. The van der Waals surface area contributed by atoms with Crippen LogP contribution in [0, 0.1) is 19.8 Å². The van der Waals surface area contributed by atoms with Crippen LogP contribution in [0.2, 0.25) is 0 Å². The molecule has 0 fully saturated rings. The molecular formula is C20H27N3O4. The maximum absolute atomic E-state index is 12.4. The Labute approximate surface area is 159 Å². The number of nitrogens with zero attached hydrogens (tertiary/aromatic N) is 1. The largest absolute Gasteiger partial charge is 0.496 e. The highest BCUT2D eigenvalue weighted by Crippen LogP contribution is 2.31. The van der Waals surface area contributed by atoms with Gasteiger partial charge in [-0.05, 0) is 42.9 Å². The second-order valence-corrected chi connectivity index (χ2v) is 6.93. The van der Waals surface area contributed by atoms with Crippen LogP contribution in [-0.2, 0) is 9.59 Å². The fraction of sp³-hybridized carbons (Fsp3) is 0.450. The summed E-state index contributed by atoms with van der Waals surface area (Å²) >= 11 is 0. The molecule has 0 radical (unpaired) electrons. The quantitative estimate of drug-likeness (QED) is 0.741. The van der Waals surface area contributed by atoms with Crippen LogP contribution in [0.5, 0.6) is 5.75 Å². The van der Waals surface area contributed by atoms with E-state index < -0.39 is 0 Å². The Morgan fingerprint density at radius 3 is 2.48 bits per heavy atom. The Bertz CT molecular complexity index is 798. The molecule has 146 valence electrons. The molecule has 0 aliphatic carbocycles. The number of aryl methyl sites for hydroxylation is 2. The second kappa shape index (κ2) is 9.21. The number of benzene rings is 1. The molecule has 1 heterocycles. The molecule has 7 heteroatoms. The van der Waals surface area contributed by atoms with Crippen molar-refractivity contribution in [2.75, 3.05) is 19.0 Å². The first-order valence-corrected chi connectivity index (χ1v) is 8.94. The first-order valence-electron chi connectivity index (χ1n) is 8.94. The summed E-state index contributed by atoms with van der Waals surface area (Å²) in [6.07, 6.45) is 0.305. The van der Waals surface area contributed by atoms with E-state index in [2.05, 4.69) is 35.7 Å². The van der Waals surface area contributed by atoms with Gasteiger partial charge in [0.15, 0.2) is 5.82 Å². The van der Waals surface area contributed by atoms with Gasteiger partial charge in [-0.15, -0.1) is 0 Å². The van der Waals surface area contributed by atoms with E-state index >= 15 is 0 Å². The van der Waals surface area contributed by atoms with Gasteiger partial charge in [-0.1, -0.05) is 31.1 Å². The van der Waals surface area contributed by atoms with Crippen LogP contribution in [0.3, 0.4) is 0 Å². The van der Waals surface area contributed by atoms with E-state index in [-0.39, 0.29) is 30.2 Å². The number of hydrogen-bond donors (Lipinski definition) is 2. The standard InChI is InChI=1S/C20H27N3O4/c1-12(2)16(15-6-7-17(26-5)13(3)8-15)10-19(24)21-11-20(25)22-18-9-14(4)27-23-18/h6-9,12,16H,10-11H2,1-5H3,(H,21,24)(H,22,23,25). The Kier molecular flexibility index (Phi) is 6.98. The van der Waals surface area contributed by atoms with Crippen molar-refractivity contribution in [1.82, 2.24) is 10.5 Å². The van der Waals surface area contributed by atoms with E-state index in [9.17, 15) is 9.59 Å². The minimum Gasteiger partial charge on any atom is -0.496 e. The summed E-state index contributed by atoms with van der Waals surface area (Å²) in [6, 6.07) is 7.58. The molecule has 1 aromatic carbocycles. The lowest BCUT2D eigenvalue weighted by molar-refractivity contribution is -0.124. The molecule has 0 bridgehead atoms. The number of nitrogens with one attached hydrogen (secondary N) is 2. The Hall–Kier alpha value is -2.83. The van der Waals surface area contributed by atoms with Crippen molar-refractivity contribution in [2.45, 2.75) is 40.0 Å². The predicted octanol–water partition coefficient (Wildman–Crippen LogP) is 3.18. The molecule has 0 aliphatic heterocycles. The molecule has 2 N–H and O–H groups in total. The summed E-state index contributed by atoms with van der Waals surface area (Å²) in [5.74, 6) is 1.56. The Balaban J connectivity index is 1.92. The van der Waals surface area contributed by atoms with E-state index in [0.717, 1.165) is 16.9 Å². The van der Waals surface area contributed by atoms with Crippen LogP contribution < -0.4 is 15.4 Å². The number of hydrogen-bond acceptors (Lipinski definition) is 5. The smallest absolute Gasteiger partial charge is 0.245 e. The summed E-state index contributed by atoms with van der Waals surface area (Å²) in [5, 5.41) is 8.93. The van der Waals surface area contributed by atoms with Crippen LogP contribution in [0.25, 0.3) is 0 Å². The summed E-state index contributed by atoms with van der Waals surface area (Å²) in [4.78, 5) is 24.3. The van der Waals surface area contributed by atoms with Crippen molar-refractivity contribution in [2.24, 2.45) is 5.92 Å². The first kappa shape index (κ1) is 20.5. The van der Waals surface area contributed by atoms with Crippen molar-refractivity contribution in [1.29, 1.82) is 0 Å². The van der Waals surface area contributed by atoms with Crippen molar-refractivity contribution in [3.63, 3.8) is 0 Å². The highest BCUT2D eigenvalue weighted by atomic mass is 16.5. The fourth-order valence-electron chi connectivity index (χ4n) is 2.93. The molecule has 1 atom stereocenters. The van der Waals surface area contributed by atoms with Gasteiger partial charge in [0.2, 0.25) is 11.8 Å². The maximum atomic E-state index is 12.4. The van der Waals surface area contributed by atoms with Gasteiger partial charge in [-0.2, -0.15) is 0 Å². The lowest BCUT2D eigenvalue weighted by atomic mass is 9.85. The molecule has 2 aromatic rings. The normalized spacial score (nSPS) is 11.9. The van der Waals surface area contributed by atoms with Gasteiger partial charge in [0, 0.05) is 12.5 Å². The van der Waals surface area contributed by atoms with E-state index in [1.165, 1.54) is 0 Å². The van der Waals surface area contributed by atoms with Crippen LogP contribution in [0.1, 0.15) is 43.1 Å². The zero-order valence-corrected chi connectivity index (χ0v) is 16.5. The van der Waals surface area contributed by atoms with Crippen LogP contribution in [0.4, 0.5) is 5.82 Å². The molecule has 0 spiro atoms. The minimum atomic E-state index is -0.349. The third-order valence-corrected chi connectivity index (χ3v) is 4.40. The van der Waals surface area contributed by atoms with Crippen LogP contribution >= 0.6 is 0 Å². The molecule has 1 aromatic heterocycles. The highest BCUT2D eigenvalue weighted by Gasteiger charge is 2.21. The maximum Gasteiger partial charge on any atom is 0.245 e. The third kappa shape index (κ3) is 5.84.